The number of aliphatic imine (C=N–C) groups is 2. The van der Waals surface area contributed by atoms with Crippen LogP contribution in [0.4, 0.5) is 0 Å². The van der Waals surface area contributed by atoms with Gasteiger partial charge in [-0.2, -0.15) is 0 Å². The van der Waals surface area contributed by atoms with E-state index in [1.165, 1.54) is 0 Å². The Labute approximate surface area is 146 Å². The Balaban J connectivity index is 0.00000116. The van der Waals surface area contributed by atoms with Gasteiger partial charge < -0.3 is 10.2 Å². The molecule has 120 valence electrons. The van der Waals surface area contributed by atoms with E-state index in [9.17, 15) is 10.2 Å². The fourth-order valence-electron chi connectivity index (χ4n) is 1.63. The molecule has 6 heteroatoms. The molecule has 2 aromatic rings. The molecule has 22 heavy (non-hydrogen) atoms. The first kappa shape index (κ1) is 18.5. The Morgan fingerprint density at radius 1 is 0.773 bits per heavy atom. The number of rotatable bonds is 5. The molecule has 2 N–H and O–H groups in total. The first-order chi connectivity index (χ1) is 10.8. The van der Waals surface area contributed by atoms with E-state index in [2.05, 4.69) is 19.2 Å². The first-order valence-electron chi connectivity index (χ1n) is 6.44. The number of halogens is 1. The summed E-state index contributed by atoms with van der Waals surface area (Å²) in [5.41, 5.74) is 1.38. The van der Waals surface area contributed by atoms with Crippen LogP contribution in [0.15, 0.2) is 58.5 Å². The fourth-order valence-corrected chi connectivity index (χ4v) is 1.63. The predicted molar refractivity (Wildman–Crippen MR) is 87.0 cm³/mol. The second-order valence-electron chi connectivity index (χ2n) is 4.19. The molecule has 0 unspecified atom stereocenters. The van der Waals surface area contributed by atoms with Crippen LogP contribution >= 0.6 is 9.19 Å². The number of phenolic OH excluding ortho intramolecular Hbond substituents is 2. The maximum atomic E-state index is 9.54. The molecule has 0 fully saturated rings. The van der Waals surface area contributed by atoms with E-state index in [1.54, 1.807) is 68.8 Å². The Kier molecular flexibility index (Phi) is 9.26. The molecule has 0 atom stereocenters. The third-order valence-electron chi connectivity index (χ3n) is 2.69. The Hall–Kier alpha value is -1.59. The monoisotopic (exact) mass is 500 g/mol. The molecule has 2 rings (SSSR count). The average molecular weight is 501 g/mol. The van der Waals surface area contributed by atoms with Crippen molar-refractivity contribution in [3.63, 3.8) is 0 Å². The molecule has 0 amide bonds. The van der Waals surface area contributed by atoms with Gasteiger partial charge in [-0.15, -0.1) is 0 Å². The summed E-state index contributed by atoms with van der Waals surface area (Å²) in [6.45, 7) is 1.05. The molecule has 0 bridgehead atoms. The minimum absolute atomic E-state index is 0.217. The van der Waals surface area contributed by atoms with Crippen molar-refractivity contribution in [3.8, 4) is 11.5 Å². The molecular weight excluding hydrogens is 485 g/mol. The molecule has 0 aliphatic rings. The summed E-state index contributed by atoms with van der Waals surface area (Å²) in [7, 11) is 4.58. The first-order valence-corrected chi connectivity index (χ1v) is 9.13. The summed E-state index contributed by atoms with van der Waals surface area (Å²) in [5, 5.41) is 19.1. The number of hydrogen-bond donors (Lipinski definition) is 2. The molecule has 0 aliphatic heterocycles. The topological polar surface area (TPSA) is 65.2 Å². The molecule has 0 aromatic heterocycles. The fraction of sp³-hybridized carbons (Fsp3) is 0.125. The van der Waals surface area contributed by atoms with Crippen molar-refractivity contribution < 1.29 is 30.2 Å². The number of aromatic hydroxyl groups is 2. The van der Waals surface area contributed by atoms with Crippen LogP contribution < -0.4 is 0 Å². The molecule has 0 aliphatic carbocycles. The van der Waals surface area contributed by atoms with Crippen molar-refractivity contribution in [2.24, 2.45) is 9.98 Å². The second kappa shape index (κ2) is 11.0. The van der Waals surface area contributed by atoms with E-state index in [-0.39, 0.29) is 11.5 Å². The summed E-state index contributed by atoms with van der Waals surface area (Å²) in [6.07, 6.45) is 3.26. The second-order valence-corrected chi connectivity index (χ2v) is 4.19. The van der Waals surface area contributed by atoms with E-state index in [0.717, 1.165) is 0 Å². The van der Waals surface area contributed by atoms with Gasteiger partial charge in [-0.1, -0.05) is 24.3 Å². The van der Waals surface area contributed by atoms with Crippen molar-refractivity contribution in [1.82, 2.24) is 0 Å². The van der Waals surface area contributed by atoms with E-state index >= 15 is 0 Å². The van der Waals surface area contributed by atoms with Gasteiger partial charge in [0.1, 0.15) is 11.5 Å². The van der Waals surface area contributed by atoms with E-state index < -0.39 is 0 Å². The normalized spacial score (nSPS) is 10.7. The molecular formula is C16H16AuClN2O2. The maximum absolute atomic E-state index is 9.54. The number of phenols is 2. The van der Waals surface area contributed by atoms with Crippen LogP contribution in [0.1, 0.15) is 11.1 Å². The van der Waals surface area contributed by atoms with Gasteiger partial charge in [0, 0.05) is 23.6 Å². The van der Waals surface area contributed by atoms with Gasteiger partial charge >= 0.3 is 29.2 Å². The molecule has 2 aromatic carbocycles. The standard InChI is InChI=1S/C16H16N2O2.Au.ClH/c19-15-7-3-1-5-13(15)11-17-9-10-18-12-14-6-2-4-8-16(14)20;;/h1-8,11-12,19-20H,9-10H2;;1H/q;+1;/p-1. The summed E-state index contributed by atoms with van der Waals surface area (Å²) in [6, 6.07) is 14.1. The van der Waals surface area contributed by atoms with Crippen LogP contribution in [0.25, 0.3) is 0 Å². The summed E-state index contributed by atoms with van der Waals surface area (Å²) in [4.78, 5) is 8.39. The van der Waals surface area contributed by atoms with Gasteiger partial charge in [0.25, 0.3) is 0 Å². The van der Waals surface area contributed by atoms with E-state index in [1.807, 2.05) is 12.1 Å². The molecule has 0 radical (unpaired) electrons. The predicted octanol–water partition coefficient (Wildman–Crippen LogP) is 3.32. The van der Waals surface area contributed by atoms with Gasteiger partial charge in [-0.3, -0.25) is 9.98 Å². The number of hydrogen-bond acceptors (Lipinski definition) is 4. The van der Waals surface area contributed by atoms with Gasteiger partial charge in [0.05, 0.1) is 13.1 Å². The van der Waals surface area contributed by atoms with Crippen LogP contribution in [-0.2, 0) is 20.0 Å². The van der Waals surface area contributed by atoms with Crippen LogP contribution in [0.5, 0.6) is 11.5 Å². The van der Waals surface area contributed by atoms with E-state index in [4.69, 9.17) is 0 Å². The van der Waals surface area contributed by atoms with Crippen molar-refractivity contribution in [3.05, 3.63) is 59.7 Å². The van der Waals surface area contributed by atoms with Crippen molar-refractivity contribution in [2.75, 3.05) is 13.1 Å². The molecule has 0 saturated heterocycles. The van der Waals surface area contributed by atoms with Gasteiger partial charge in [0.15, 0.2) is 0 Å². The minimum atomic E-state index is 0.217. The van der Waals surface area contributed by atoms with Crippen LogP contribution in [0.3, 0.4) is 0 Å². The van der Waals surface area contributed by atoms with Gasteiger partial charge in [0.2, 0.25) is 0 Å². The number of nitrogens with zero attached hydrogens (tertiary/aromatic N) is 2. The Morgan fingerprint density at radius 3 is 1.50 bits per heavy atom. The third-order valence-corrected chi connectivity index (χ3v) is 2.69. The van der Waals surface area contributed by atoms with Gasteiger partial charge in [-0.25, -0.2) is 0 Å². The zero-order valence-electron chi connectivity index (χ0n) is 11.7. The number of benzene rings is 2. The SMILES string of the molecule is Oc1ccccc1C=NCCN=Cc1ccccc1O.[Cl][Au]. The Morgan fingerprint density at radius 2 is 1.14 bits per heavy atom. The Bertz CT molecular complexity index is 578. The summed E-state index contributed by atoms with van der Waals surface area (Å²) < 4.78 is 0. The average Bonchev–Trinajstić information content (AvgIpc) is 2.56. The zero-order valence-corrected chi connectivity index (χ0v) is 14.6. The number of para-hydroxylation sites is 2. The molecule has 0 saturated carbocycles. The van der Waals surface area contributed by atoms with Crippen LogP contribution in [0.2, 0.25) is 0 Å². The summed E-state index contributed by atoms with van der Waals surface area (Å²) >= 11 is 1.75. The quantitative estimate of drug-likeness (QED) is 0.376. The zero-order chi connectivity index (χ0) is 16.2. The molecule has 0 heterocycles. The molecule has 0 spiro atoms. The third kappa shape index (κ3) is 6.45. The van der Waals surface area contributed by atoms with E-state index in [0.29, 0.717) is 24.2 Å². The van der Waals surface area contributed by atoms with Crippen LogP contribution in [0, 0.1) is 0 Å². The van der Waals surface area contributed by atoms with Crippen molar-refractivity contribution in [1.29, 1.82) is 0 Å². The van der Waals surface area contributed by atoms with Gasteiger partial charge in [-0.05, 0) is 24.3 Å². The molecule has 4 nitrogen and oxygen atoms in total. The van der Waals surface area contributed by atoms with Crippen molar-refractivity contribution in [2.45, 2.75) is 0 Å². The summed E-state index contributed by atoms with van der Waals surface area (Å²) in [5.74, 6) is 0.433. The van der Waals surface area contributed by atoms with Crippen LogP contribution in [-0.4, -0.2) is 35.7 Å². The van der Waals surface area contributed by atoms with Crippen molar-refractivity contribution >= 4 is 21.6 Å².